The van der Waals surface area contributed by atoms with Gasteiger partial charge in [0.1, 0.15) is 9.92 Å². The van der Waals surface area contributed by atoms with Crippen LogP contribution in [0.2, 0.25) is 5.02 Å². The van der Waals surface area contributed by atoms with Gasteiger partial charge >= 0.3 is 0 Å². The van der Waals surface area contributed by atoms with Gasteiger partial charge in [-0.1, -0.05) is 11.6 Å². The van der Waals surface area contributed by atoms with E-state index >= 15 is 0 Å². The van der Waals surface area contributed by atoms with Crippen molar-refractivity contribution >= 4 is 27.4 Å². The fourth-order valence-corrected chi connectivity index (χ4v) is 2.62. The minimum Gasteiger partial charge on any atom is -0.373 e. The molecule has 9 heteroatoms. The summed E-state index contributed by atoms with van der Waals surface area (Å²) in [5.74, 6) is 0. The average Bonchev–Trinajstić information content (AvgIpc) is 2.99. The second-order valence-corrected chi connectivity index (χ2v) is 5.56. The molecular formula is C9H8ClNO6S. The lowest BCUT2D eigenvalue weighted by atomic mass is 10.1. The van der Waals surface area contributed by atoms with Gasteiger partial charge in [-0.25, -0.2) is 0 Å². The van der Waals surface area contributed by atoms with Gasteiger partial charge in [0.15, 0.2) is 0 Å². The molecule has 0 amide bonds. The first-order valence-corrected chi connectivity index (χ1v) is 6.67. The molecule has 1 atom stereocenters. The molecule has 1 saturated heterocycles. The number of nitro groups is 1. The molecule has 1 aromatic carbocycles. The van der Waals surface area contributed by atoms with Crippen LogP contribution in [0.1, 0.15) is 5.56 Å². The smallest absolute Gasteiger partial charge is 0.295 e. The molecule has 1 unspecified atom stereocenters. The molecule has 2 rings (SSSR count). The predicted octanol–water partition coefficient (Wildman–Crippen LogP) is 1.44. The van der Waals surface area contributed by atoms with Gasteiger partial charge < -0.3 is 4.74 Å². The Hall–Kier alpha value is -1.22. The average molecular weight is 294 g/mol. The van der Waals surface area contributed by atoms with Crippen LogP contribution in [-0.4, -0.2) is 30.6 Å². The van der Waals surface area contributed by atoms with Crippen molar-refractivity contribution in [3.05, 3.63) is 32.8 Å². The fourth-order valence-electron chi connectivity index (χ4n) is 1.64. The van der Waals surface area contributed by atoms with Crippen LogP contribution in [-0.2, 0) is 21.3 Å². The van der Waals surface area contributed by atoms with Gasteiger partial charge in [0.05, 0.1) is 23.2 Å². The van der Waals surface area contributed by atoms with Crippen LogP contribution in [0, 0.1) is 10.1 Å². The second-order valence-electron chi connectivity index (χ2n) is 3.76. The number of halogens is 1. The minimum atomic E-state index is -4.54. The number of nitro benzene ring substituents is 1. The van der Waals surface area contributed by atoms with Crippen molar-refractivity contribution in [2.24, 2.45) is 0 Å². The predicted molar refractivity (Wildman–Crippen MR) is 61.4 cm³/mol. The number of benzene rings is 1. The van der Waals surface area contributed by atoms with Gasteiger partial charge in [-0.15, -0.1) is 0 Å². The molecular weight excluding hydrogens is 286 g/mol. The van der Waals surface area contributed by atoms with Crippen molar-refractivity contribution in [2.45, 2.75) is 17.4 Å². The first kappa shape index (κ1) is 13.2. The second kappa shape index (κ2) is 4.47. The zero-order chi connectivity index (χ0) is 13.5. The highest BCUT2D eigenvalue weighted by Crippen LogP contribution is 2.35. The quantitative estimate of drug-likeness (QED) is 0.389. The van der Waals surface area contributed by atoms with Crippen LogP contribution in [0.3, 0.4) is 0 Å². The Morgan fingerprint density at radius 1 is 1.56 bits per heavy atom. The number of epoxide rings is 1. The molecule has 98 valence electrons. The van der Waals surface area contributed by atoms with E-state index in [-0.39, 0.29) is 23.1 Å². The monoisotopic (exact) mass is 293 g/mol. The first-order valence-electron chi connectivity index (χ1n) is 4.85. The number of nitrogens with zero attached hydrogens (tertiary/aromatic N) is 1. The summed E-state index contributed by atoms with van der Waals surface area (Å²) in [6.45, 7) is 0.397. The van der Waals surface area contributed by atoms with Crippen LogP contribution < -0.4 is 0 Å². The molecule has 7 nitrogen and oxygen atoms in total. The van der Waals surface area contributed by atoms with Crippen molar-refractivity contribution in [1.29, 1.82) is 0 Å². The van der Waals surface area contributed by atoms with Gasteiger partial charge in [-0.05, 0) is 12.1 Å². The van der Waals surface area contributed by atoms with E-state index in [4.69, 9.17) is 20.9 Å². The van der Waals surface area contributed by atoms with E-state index in [1.807, 2.05) is 0 Å². The van der Waals surface area contributed by atoms with E-state index in [9.17, 15) is 18.5 Å². The summed E-state index contributed by atoms with van der Waals surface area (Å²) in [4.78, 5) is 9.65. The van der Waals surface area contributed by atoms with Gasteiger partial charge in [-0.2, -0.15) is 8.42 Å². The van der Waals surface area contributed by atoms with Gasteiger partial charge in [0, 0.05) is 6.42 Å². The maximum Gasteiger partial charge on any atom is 0.295 e. The third kappa shape index (κ3) is 2.61. The lowest BCUT2D eigenvalue weighted by Crippen LogP contribution is -2.09. The topological polar surface area (TPSA) is 110 Å². The molecule has 1 N–H and O–H groups in total. The van der Waals surface area contributed by atoms with Crippen molar-refractivity contribution in [3.63, 3.8) is 0 Å². The van der Waals surface area contributed by atoms with Crippen LogP contribution in [0.5, 0.6) is 0 Å². The number of hydrogen-bond acceptors (Lipinski definition) is 5. The standard InChI is InChI=1S/C9H8ClNO6S/c10-7-1-2-8(18(14,15)16)6(3-5-4-17-5)9(7)11(12)13/h1-2,5H,3-4H2,(H,14,15,16). The first-order chi connectivity index (χ1) is 8.30. The highest BCUT2D eigenvalue weighted by molar-refractivity contribution is 7.85. The Morgan fingerprint density at radius 3 is 2.61 bits per heavy atom. The van der Waals surface area contributed by atoms with Gasteiger partial charge in [0.2, 0.25) is 0 Å². The van der Waals surface area contributed by atoms with Gasteiger partial charge in [-0.3, -0.25) is 14.7 Å². The third-order valence-electron chi connectivity index (χ3n) is 2.49. The number of hydrogen-bond donors (Lipinski definition) is 1. The maximum absolute atomic E-state index is 11.2. The lowest BCUT2D eigenvalue weighted by molar-refractivity contribution is -0.385. The van der Waals surface area contributed by atoms with E-state index in [0.29, 0.717) is 6.61 Å². The number of ether oxygens (including phenoxy) is 1. The van der Waals surface area contributed by atoms with E-state index in [1.165, 1.54) is 0 Å². The van der Waals surface area contributed by atoms with Crippen LogP contribution in [0.25, 0.3) is 0 Å². The molecule has 18 heavy (non-hydrogen) atoms. The van der Waals surface area contributed by atoms with E-state index in [1.54, 1.807) is 0 Å². The molecule has 1 fully saturated rings. The molecule has 0 saturated carbocycles. The summed E-state index contributed by atoms with van der Waals surface area (Å²) in [5, 5.41) is 10.7. The Morgan fingerprint density at radius 2 is 2.17 bits per heavy atom. The third-order valence-corrected chi connectivity index (χ3v) is 3.73. The summed E-state index contributed by atoms with van der Waals surface area (Å²) < 4.78 is 36.4. The Labute approximate surface area is 107 Å². The van der Waals surface area contributed by atoms with Crippen molar-refractivity contribution in [3.8, 4) is 0 Å². The summed E-state index contributed by atoms with van der Waals surface area (Å²) in [7, 11) is -4.54. The fraction of sp³-hybridized carbons (Fsp3) is 0.333. The summed E-state index contributed by atoms with van der Waals surface area (Å²) in [6, 6.07) is 2.11. The zero-order valence-electron chi connectivity index (χ0n) is 8.87. The molecule has 1 aromatic rings. The Bertz CT molecular complexity index is 610. The van der Waals surface area contributed by atoms with Crippen LogP contribution >= 0.6 is 11.6 Å². The summed E-state index contributed by atoms with van der Waals surface area (Å²) >= 11 is 5.69. The SMILES string of the molecule is O=[N+]([O-])c1c(Cl)ccc(S(=O)(=O)O)c1CC1CO1. The highest BCUT2D eigenvalue weighted by atomic mass is 35.5. The van der Waals surface area contributed by atoms with Crippen molar-refractivity contribution < 1.29 is 22.6 Å². The molecule has 0 bridgehead atoms. The molecule has 1 aliphatic rings. The largest absolute Gasteiger partial charge is 0.373 e. The van der Waals surface area contributed by atoms with Crippen molar-refractivity contribution in [2.75, 3.05) is 6.61 Å². The number of rotatable bonds is 4. The summed E-state index contributed by atoms with van der Waals surface area (Å²) in [5.41, 5.74) is -0.639. The molecule has 0 aliphatic carbocycles. The lowest BCUT2D eigenvalue weighted by Gasteiger charge is -2.07. The summed E-state index contributed by atoms with van der Waals surface area (Å²) in [6.07, 6.45) is -0.255. The minimum absolute atomic E-state index is 0.0198. The molecule has 1 heterocycles. The maximum atomic E-state index is 11.2. The van der Waals surface area contributed by atoms with Crippen LogP contribution in [0.15, 0.2) is 17.0 Å². The van der Waals surface area contributed by atoms with Gasteiger partial charge in [0.25, 0.3) is 15.8 Å². The Kier molecular flexibility index (Phi) is 3.28. The molecule has 1 aliphatic heterocycles. The highest BCUT2D eigenvalue weighted by Gasteiger charge is 2.33. The Balaban J connectivity index is 2.66. The van der Waals surface area contributed by atoms with E-state index in [2.05, 4.69) is 0 Å². The molecule has 0 aromatic heterocycles. The molecule has 0 radical (unpaired) electrons. The van der Waals surface area contributed by atoms with E-state index in [0.717, 1.165) is 12.1 Å². The molecule has 0 spiro atoms. The van der Waals surface area contributed by atoms with E-state index < -0.39 is 25.6 Å². The zero-order valence-corrected chi connectivity index (χ0v) is 10.4. The van der Waals surface area contributed by atoms with Crippen LogP contribution in [0.4, 0.5) is 5.69 Å². The normalized spacial score (nSPS) is 18.7. The van der Waals surface area contributed by atoms with Crippen molar-refractivity contribution in [1.82, 2.24) is 0 Å².